The third-order valence-electron chi connectivity index (χ3n) is 3.30. The minimum atomic E-state index is -3.74. The second-order valence-electron chi connectivity index (χ2n) is 4.51. The monoisotopic (exact) mass is 274 g/mol. The zero-order valence-electron chi connectivity index (χ0n) is 10.5. The molecule has 0 radical (unpaired) electrons. The first-order valence-electron chi connectivity index (χ1n) is 5.85. The van der Waals surface area contributed by atoms with Gasteiger partial charge in [0.05, 0.1) is 0 Å². The maximum absolute atomic E-state index is 12.4. The zero-order chi connectivity index (χ0) is 13.9. The highest BCUT2D eigenvalue weighted by atomic mass is 32.2. The van der Waals surface area contributed by atoms with Gasteiger partial charge in [0.1, 0.15) is 4.75 Å². The van der Waals surface area contributed by atoms with Crippen LogP contribution in [0.3, 0.4) is 0 Å². The van der Waals surface area contributed by atoms with E-state index in [1.807, 2.05) is 19.1 Å². The Bertz CT molecular complexity index is 683. The summed E-state index contributed by atoms with van der Waals surface area (Å²) in [6.07, 6.45) is 5.64. The van der Waals surface area contributed by atoms with Crippen molar-refractivity contribution in [1.82, 2.24) is 0 Å². The Morgan fingerprint density at radius 1 is 1.32 bits per heavy atom. The quantitative estimate of drug-likeness (QED) is 0.367. The molecule has 0 aromatic heterocycles. The summed E-state index contributed by atoms with van der Waals surface area (Å²) in [5, 5.41) is 0. The predicted molar refractivity (Wildman–Crippen MR) is 74.2 cm³/mol. The minimum Gasteiger partial charge on any atom is -0.361 e. The fraction of sp³-hybridized carbons (Fsp3) is 0.214. The van der Waals surface area contributed by atoms with E-state index >= 15 is 0 Å². The number of allylic oxidation sites excluding steroid dienone is 3. The zero-order valence-corrected chi connectivity index (χ0v) is 11.3. The molecule has 0 aliphatic heterocycles. The lowest BCUT2D eigenvalue weighted by atomic mass is 9.89. The molecule has 0 bridgehead atoms. The molecule has 0 saturated carbocycles. The van der Waals surface area contributed by atoms with E-state index in [1.165, 1.54) is 0 Å². The van der Waals surface area contributed by atoms with Crippen LogP contribution in [0, 0.1) is 0 Å². The second-order valence-corrected chi connectivity index (χ2v) is 6.54. The summed E-state index contributed by atoms with van der Waals surface area (Å²) in [6.45, 7) is 1.91. The normalized spacial score (nSPS) is 22.5. The Kier molecular flexibility index (Phi) is 3.51. The van der Waals surface area contributed by atoms with E-state index in [0.717, 1.165) is 5.57 Å². The van der Waals surface area contributed by atoms with Gasteiger partial charge in [0, 0.05) is 0 Å². The summed E-state index contributed by atoms with van der Waals surface area (Å²) < 4.78 is 23.7. The highest BCUT2D eigenvalue weighted by molar-refractivity contribution is 8.05. The van der Waals surface area contributed by atoms with Gasteiger partial charge in [-0.1, -0.05) is 54.1 Å². The molecule has 2 rings (SSSR count). The van der Waals surface area contributed by atoms with Crippen LogP contribution in [0.15, 0.2) is 54.1 Å². The van der Waals surface area contributed by atoms with Crippen LogP contribution < -0.4 is 0 Å². The SMILES string of the molecule is CC1=CCC(c2ccccc2)(S(=O)(=O)C=[N+]=[N-])C=C1. The van der Waals surface area contributed by atoms with Gasteiger partial charge in [-0.25, -0.2) is 8.42 Å². The third-order valence-corrected chi connectivity index (χ3v) is 5.22. The number of hydrogen-bond acceptors (Lipinski definition) is 2. The van der Waals surface area contributed by atoms with Gasteiger partial charge in [-0.05, 0) is 18.9 Å². The molecule has 98 valence electrons. The Hall–Kier alpha value is -1.97. The molecule has 4 nitrogen and oxygen atoms in total. The van der Waals surface area contributed by atoms with E-state index in [1.54, 1.807) is 36.4 Å². The van der Waals surface area contributed by atoms with Gasteiger partial charge in [0.15, 0.2) is 0 Å². The van der Waals surface area contributed by atoms with Crippen LogP contribution in [0.25, 0.3) is 5.53 Å². The van der Waals surface area contributed by atoms with Gasteiger partial charge < -0.3 is 5.53 Å². The van der Waals surface area contributed by atoms with Gasteiger partial charge in [0.2, 0.25) is 0 Å². The summed E-state index contributed by atoms with van der Waals surface area (Å²) in [7, 11) is -3.74. The molecule has 1 atom stereocenters. The average Bonchev–Trinajstić information content (AvgIpc) is 2.40. The van der Waals surface area contributed by atoms with E-state index < -0.39 is 14.6 Å². The molecule has 0 amide bonds. The fourth-order valence-corrected chi connectivity index (χ4v) is 3.53. The van der Waals surface area contributed by atoms with Crippen molar-refractivity contribution >= 4 is 15.4 Å². The fourth-order valence-electron chi connectivity index (χ4n) is 2.18. The van der Waals surface area contributed by atoms with Crippen molar-refractivity contribution in [3.05, 3.63) is 65.2 Å². The van der Waals surface area contributed by atoms with Crippen LogP contribution in [-0.2, 0) is 14.6 Å². The van der Waals surface area contributed by atoms with Crippen molar-refractivity contribution in [2.24, 2.45) is 0 Å². The molecule has 0 N–H and O–H groups in total. The summed E-state index contributed by atoms with van der Waals surface area (Å²) in [6, 6.07) is 8.95. The largest absolute Gasteiger partial charge is 0.371 e. The molecule has 0 spiro atoms. The Morgan fingerprint density at radius 2 is 2.00 bits per heavy atom. The van der Waals surface area contributed by atoms with Gasteiger partial charge in [-0.15, -0.1) is 0 Å². The first-order valence-corrected chi connectivity index (χ1v) is 7.40. The highest BCUT2D eigenvalue weighted by Gasteiger charge is 2.44. The summed E-state index contributed by atoms with van der Waals surface area (Å²) in [4.78, 5) is 2.70. The average molecular weight is 274 g/mol. The maximum Gasteiger partial charge on any atom is 0.371 e. The van der Waals surface area contributed by atoms with Crippen LogP contribution in [0.4, 0.5) is 0 Å². The Labute approximate surface area is 112 Å². The minimum absolute atomic E-state index is 0.327. The molecule has 1 aromatic carbocycles. The molecule has 1 unspecified atom stereocenters. The lowest BCUT2D eigenvalue weighted by molar-refractivity contribution is 0.00739. The standard InChI is InChI=1S/C14H14N2O2S/c1-12-7-9-14(10-8-12,19(17,18)11-16-15)13-5-3-2-4-6-13/h2-9,11H,10H2,1H3. The van der Waals surface area contributed by atoms with E-state index in [0.29, 0.717) is 17.5 Å². The lowest BCUT2D eigenvalue weighted by Gasteiger charge is -2.29. The van der Waals surface area contributed by atoms with Crippen molar-refractivity contribution in [2.75, 3.05) is 0 Å². The summed E-state index contributed by atoms with van der Waals surface area (Å²) in [5.41, 5.74) is 10.9. The lowest BCUT2D eigenvalue weighted by Crippen LogP contribution is -2.35. The third kappa shape index (κ3) is 2.30. The number of nitrogens with zero attached hydrogens (tertiary/aromatic N) is 2. The van der Waals surface area contributed by atoms with Crippen LogP contribution in [-0.4, -0.2) is 18.8 Å². The smallest absolute Gasteiger partial charge is 0.361 e. The van der Waals surface area contributed by atoms with Gasteiger partial charge >= 0.3 is 5.55 Å². The van der Waals surface area contributed by atoms with E-state index in [2.05, 4.69) is 4.79 Å². The molecule has 0 heterocycles. The van der Waals surface area contributed by atoms with E-state index in [-0.39, 0.29) is 0 Å². The van der Waals surface area contributed by atoms with Crippen molar-refractivity contribution in [1.29, 1.82) is 0 Å². The van der Waals surface area contributed by atoms with Crippen LogP contribution in [0.1, 0.15) is 18.9 Å². The van der Waals surface area contributed by atoms with Gasteiger partial charge in [-0.3, -0.25) is 0 Å². The van der Waals surface area contributed by atoms with Gasteiger partial charge in [0.25, 0.3) is 9.84 Å². The Balaban J connectivity index is 2.67. The molecule has 0 fully saturated rings. The summed E-state index contributed by atoms with van der Waals surface area (Å²) in [5.74, 6) is 0. The highest BCUT2D eigenvalue weighted by Crippen LogP contribution is 2.38. The molecule has 5 heteroatoms. The van der Waals surface area contributed by atoms with Crippen LogP contribution in [0.2, 0.25) is 0 Å². The molecule has 1 aliphatic rings. The van der Waals surface area contributed by atoms with Crippen molar-refractivity contribution in [3.63, 3.8) is 0 Å². The van der Waals surface area contributed by atoms with Crippen LogP contribution >= 0.6 is 0 Å². The molecule has 19 heavy (non-hydrogen) atoms. The number of benzene rings is 1. The predicted octanol–water partition coefficient (Wildman–Crippen LogP) is 2.46. The van der Waals surface area contributed by atoms with Crippen molar-refractivity contribution in [2.45, 2.75) is 18.1 Å². The van der Waals surface area contributed by atoms with Crippen molar-refractivity contribution in [3.8, 4) is 0 Å². The molecule has 0 saturated heterocycles. The molecule has 1 aliphatic carbocycles. The number of sulfone groups is 1. The van der Waals surface area contributed by atoms with E-state index in [9.17, 15) is 8.42 Å². The molecular formula is C14H14N2O2S. The first kappa shape index (κ1) is 13.5. The summed E-state index contributed by atoms with van der Waals surface area (Å²) >= 11 is 0. The number of hydrogen-bond donors (Lipinski definition) is 0. The topological polar surface area (TPSA) is 70.5 Å². The maximum atomic E-state index is 12.4. The van der Waals surface area contributed by atoms with E-state index in [4.69, 9.17) is 5.53 Å². The van der Waals surface area contributed by atoms with Crippen molar-refractivity contribution < 1.29 is 13.2 Å². The molecule has 1 aromatic rings. The van der Waals surface area contributed by atoms with Crippen LogP contribution in [0.5, 0.6) is 0 Å². The van der Waals surface area contributed by atoms with Gasteiger partial charge in [-0.2, -0.15) is 4.79 Å². The Morgan fingerprint density at radius 3 is 2.53 bits per heavy atom. The first-order chi connectivity index (χ1) is 9.02. The second kappa shape index (κ2) is 4.96. The number of rotatable bonds is 3. The molecular weight excluding hydrogens is 260 g/mol.